The number of alkyl halides is 4. The van der Waals surface area contributed by atoms with E-state index in [4.69, 9.17) is 11.6 Å². The molecule has 110 valence electrons. The van der Waals surface area contributed by atoms with Crippen LogP contribution >= 0.6 is 11.6 Å². The quantitative estimate of drug-likeness (QED) is 0.752. The molecule has 0 spiro atoms. The smallest absolute Gasteiger partial charge is 0.325 e. The fraction of sp³-hybridized carbons (Fsp3) is 0.500. The molecule has 2 rings (SSSR count). The van der Waals surface area contributed by atoms with E-state index in [0.29, 0.717) is 18.1 Å². The molecule has 0 fully saturated rings. The standard InChI is InChI=1S/C14H16ClF3N2/c1-9-4-3-5-11-13(9)20(12(19-11)6-7-15)10(2)8-14(16,17)18/h3-5,10H,6-8H2,1-2H3. The highest BCUT2D eigenvalue weighted by Gasteiger charge is 2.32. The van der Waals surface area contributed by atoms with Gasteiger partial charge < -0.3 is 4.57 Å². The fourth-order valence-electron chi connectivity index (χ4n) is 2.53. The van der Waals surface area contributed by atoms with Crippen LogP contribution in [0.15, 0.2) is 18.2 Å². The molecule has 2 aromatic rings. The predicted octanol–water partition coefficient (Wildman–Crippen LogP) is 4.64. The predicted molar refractivity (Wildman–Crippen MR) is 74.3 cm³/mol. The van der Waals surface area contributed by atoms with E-state index in [9.17, 15) is 13.2 Å². The van der Waals surface area contributed by atoms with E-state index in [0.717, 1.165) is 16.6 Å². The van der Waals surface area contributed by atoms with E-state index in [1.807, 2.05) is 25.1 Å². The van der Waals surface area contributed by atoms with Crippen LogP contribution in [0.1, 0.15) is 30.8 Å². The van der Waals surface area contributed by atoms with Crippen molar-refractivity contribution < 1.29 is 13.2 Å². The maximum atomic E-state index is 12.7. The van der Waals surface area contributed by atoms with Crippen LogP contribution in [0.5, 0.6) is 0 Å². The highest BCUT2D eigenvalue weighted by molar-refractivity contribution is 6.17. The first-order valence-electron chi connectivity index (χ1n) is 6.42. The summed E-state index contributed by atoms with van der Waals surface area (Å²) < 4.78 is 39.7. The maximum absolute atomic E-state index is 12.7. The first kappa shape index (κ1) is 15.2. The summed E-state index contributed by atoms with van der Waals surface area (Å²) in [5, 5.41) is 0. The number of halogens is 4. The van der Waals surface area contributed by atoms with E-state index in [1.165, 1.54) is 0 Å². The largest absolute Gasteiger partial charge is 0.391 e. The van der Waals surface area contributed by atoms with E-state index >= 15 is 0 Å². The van der Waals surface area contributed by atoms with Crippen molar-refractivity contribution in [2.75, 3.05) is 5.88 Å². The Bertz CT molecular complexity index is 604. The Morgan fingerprint density at radius 2 is 2.05 bits per heavy atom. The summed E-state index contributed by atoms with van der Waals surface area (Å²) in [5.74, 6) is 0.947. The van der Waals surface area contributed by atoms with Crippen molar-refractivity contribution in [3.63, 3.8) is 0 Å². The zero-order valence-electron chi connectivity index (χ0n) is 11.3. The van der Waals surface area contributed by atoms with Crippen LogP contribution in [0.2, 0.25) is 0 Å². The van der Waals surface area contributed by atoms with Crippen LogP contribution in [-0.2, 0) is 6.42 Å². The van der Waals surface area contributed by atoms with Gasteiger partial charge >= 0.3 is 6.18 Å². The number of nitrogens with zero attached hydrogens (tertiary/aromatic N) is 2. The molecule has 20 heavy (non-hydrogen) atoms. The van der Waals surface area contributed by atoms with Gasteiger partial charge in [-0.05, 0) is 25.5 Å². The van der Waals surface area contributed by atoms with Gasteiger partial charge in [-0.15, -0.1) is 11.6 Å². The zero-order chi connectivity index (χ0) is 14.9. The van der Waals surface area contributed by atoms with E-state index < -0.39 is 18.6 Å². The minimum absolute atomic E-state index is 0.334. The van der Waals surface area contributed by atoms with E-state index in [2.05, 4.69) is 4.98 Å². The van der Waals surface area contributed by atoms with Crippen molar-refractivity contribution in [2.45, 2.75) is 38.9 Å². The maximum Gasteiger partial charge on any atom is 0.391 e. The SMILES string of the molecule is Cc1cccc2nc(CCCl)n(C(C)CC(F)(F)F)c12. The molecule has 0 saturated carbocycles. The van der Waals surface area contributed by atoms with Gasteiger partial charge in [-0.2, -0.15) is 13.2 Å². The molecular formula is C14H16ClF3N2. The van der Waals surface area contributed by atoms with Gasteiger partial charge in [0.15, 0.2) is 0 Å². The Morgan fingerprint density at radius 1 is 1.35 bits per heavy atom. The van der Waals surface area contributed by atoms with Crippen LogP contribution in [0.25, 0.3) is 11.0 Å². The lowest BCUT2D eigenvalue weighted by molar-refractivity contribution is -0.141. The summed E-state index contributed by atoms with van der Waals surface area (Å²) in [6, 6.07) is 4.86. The van der Waals surface area contributed by atoms with Gasteiger partial charge in [0.1, 0.15) is 5.82 Å². The van der Waals surface area contributed by atoms with Gasteiger partial charge in [0.05, 0.1) is 17.5 Å². The minimum atomic E-state index is -4.20. The monoisotopic (exact) mass is 304 g/mol. The molecule has 0 aliphatic carbocycles. The molecule has 0 N–H and O–H groups in total. The first-order chi connectivity index (χ1) is 9.33. The number of fused-ring (bicyclic) bond motifs is 1. The van der Waals surface area contributed by atoms with E-state index in [-0.39, 0.29) is 0 Å². The van der Waals surface area contributed by atoms with Crippen LogP contribution in [0.4, 0.5) is 13.2 Å². The molecule has 0 radical (unpaired) electrons. The van der Waals surface area contributed by atoms with Crippen LogP contribution < -0.4 is 0 Å². The third-order valence-corrected chi connectivity index (χ3v) is 3.46. The van der Waals surface area contributed by atoms with Crippen molar-refractivity contribution in [1.82, 2.24) is 9.55 Å². The van der Waals surface area contributed by atoms with Crippen molar-refractivity contribution in [1.29, 1.82) is 0 Å². The first-order valence-corrected chi connectivity index (χ1v) is 6.96. The molecule has 0 aliphatic rings. The average molecular weight is 305 g/mol. The summed E-state index contributed by atoms with van der Waals surface area (Å²) in [6.07, 6.45) is -4.61. The lowest BCUT2D eigenvalue weighted by Gasteiger charge is -2.19. The summed E-state index contributed by atoms with van der Waals surface area (Å²) in [7, 11) is 0. The number of benzene rings is 1. The molecule has 0 amide bonds. The molecule has 1 atom stereocenters. The van der Waals surface area contributed by atoms with Crippen LogP contribution in [0.3, 0.4) is 0 Å². The van der Waals surface area contributed by atoms with Gasteiger partial charge in [-0.1, -0.05) is 12.1 Å². The third kappa shape index (κ3) is 3.08. The molecule has 6 heteroatoms. The highest BCUT2D eigenvalue weighted by atomic mass is 35.5. The van der Waals surface area contributed by atoms with E-state index in [1.54, 1.807) is 11.5 Å². The molecule has 1 heterocycles. The van der Waals surface area contributed by atoms with Gasteiger partial charge in [-0.25, -0.2) is 4.98 Å². The Labute approximate surface area is 120 Å². The Hall–Kier alpha value is -1.23. The summed E-state index contributed by atoms with van der Waals surface area (Å²) in [5.41, 5.74) is 2.41. The molecule has 1 aromatic carbocycles. The Balaban J connectivity index is 2.56. The number of hydrogen-bond donors (Lipinski definition) is 0. The van der Waals surface area contributed by atoms with Gasteiger partial charge in [0.25, 0.3) is 0 Å². The van der Waals surface area contributed by atoms with Gasteiger partial charge in [0.2, 0.25) is 0 Å². The number of para-hydroxylation sites is 1. The highest BCUT2D eigenvalue weighted by Crippen LogP contribution is 2.32. The lowest BCUT2D eigenvalue weighted by atomic mass is 10.1. The summed E-state index contributed by atoms with van der Waals surface area (Å²) in [4.78, 5) is 4.43. The molecule has 0 bridgehead atoms. The molecule has 1 unspecified atom stereocenters. The second-order valence-corrected chi connectivity index (χ2v) is 5.33. The number of hydrogen-bond acceptors (Lipinski definition) is 1. The van der Waals surface area contributed by atoms with Crippen molar-refractivity contribution in [3.8, 4) is 0 Å². The number of imidazole rings is 1. The van der Waals surface area contributed by atoms with Gasteiger partial charge in [-0.3, -0.25) is 0 Å². The number of rotatable bonds is 4. The lowest BCUT2D eigenvalue weighted by Crippen LogP contribution is -2.18. The Morgan fingerprint density at radius 3 is 2.65 bits per heavy atom. The summed E-state index contributed by atoms with van der Waals surface area (Å²) >= 11 is 5.74. The fourth-order valence-corrected chi connectivity index (χ4v) is 2.70. The summed E-state index contributed by atoms with van der Waals surface area (Å²) in [6.45, 7) is 3.45. The second-order valence-electron chi connectivity index (χ2n) is 4.95. The van der Waals surface area contributed by atoms with Crippen molar-refractivity contribution >= 4 is 22.6 Å². The second kappa shape index (κ2) is 5.64. The number of aryl methyl sites for hydroxylation is 2. The average Bonchev–Trinajstić information content (AvgIpc) is 2.67. The molecule has 2 nitrogen and oxygen atoms in total. The van der Waals surface area contributed by atoms with Crippen molar-refractivity contribution in [3.05, 3.63) is 29.6 Å². The molecular weight excluding hydrogens is 289 g/mol. The molecule has 1 aromatic heterocycles. The molecule has 0 aliphatic heterocycles. The topological polar surface area (TPSA) is 17.8 Å². The van der Waals surface area contributed by atoms with Crippen LogP contribution in [0, 0.1) is 6.92 Å². The zero-order valence-corrected chi connectivity index (χ0v) is 12.1. The Kier molecular flexibility index (Phi) is 4.28. The minimum Gasteiger partial charge on any atom is -0.325 e. The third-order valence-electron chi connectivity index (χ3n) is 3.27. The molecule has 0 saturated heterocycles. The van der Waals surface area contributed by atoms with Gasteiger partial charge in [0, 0.05) is 18.3 Å². The normalized spacial score (nSPS) is 13.9. The van der Waals surface area contributed by atoms with Crippen LogP contribution in [-0.4, -0.2) is 21.6 Å². The number of aromatic nitrogens is 2. The van der Waals surface area contributed by atoms with Crippen molar-refractivity contribution in [2.24, 2.45) is 0 Å².